The summed E-state index contributed by atoms with van der Waals surface area (Å²) in [4.78, 5) is 0. The van der Waals surface area contributed by atoms with Crippen molar-refractivity contribution < 1.29 is 4.74 Å². The summed E-state index contributed by atoms with van der Waals surface area (Å²) in [6.45, 7) is 0. The van der Waals surface area contributed by atoms with Crippen LogP contribution in [0.25, 0.3) is 21.5 Å². The molecule has 1 saturated heterocycles. The molecule has 1 aliphatic rings. The van der Waals surface area contributed by atoms with Gasteiger partial charge in [-0.25, -0.2) is 0 Å². The molecule has 5 rings (SSSR count). The molecule has 1 unspecified atom stereocenters. The van der Waals surface area contributed by atoms with Crippen LogP contribution in [0.2, 0.25) is 0 Å². The fourth-order valence-electron chi connectivity index (χ4n) is 4.44. The summed E-state index contributed by atoms with van der Waals surface area (Å²) in [5.74, 6) is 0.0380. The smallest absolute Gasteiger partial charge is 0.208 e. The minimum absolute atomic E-state index is 0.0380. The van der Waals surface area contributed by atoms with Gasteiger partial charge in [0.25, 0.3) is 0 Å². The SMILES string of the molecule is NC(N)=NNC1C[C@@H](c2ccc3ccccc3c2)O[C@@H](c2ccc3ccccc3c2)C1. The first-order valence-electron chi connectivity index (χ1n) is 10.6. The molecule has 1 heterocycles. The number of nitrogens with two attached hydrogens (primary N) is 2. The summed E-state index contributed by atoms with van der Waals surface area (Å²) in [5, 5.41) is 8.95. The van der Waals surface area contributed by atoms with Crippen LogP contribution in [0.15, 0.2) is 90.0 Å². The zero-order chi connectivity index (χ0) is 21.2. The molecular weight excluding hydrogens is 384 g/mol. The van der Waals surface area contributed by atoms with E-state index in [1.807, 2.05) is 0 Å². The lowest BCUT2D eigenvalue weighted by atomic mass is 9.90. The second kappa shape index (κ2) is 8.28. The second-order valence-corrected chi connectivity index (χ2v) is 8.16. The van der Waals surface area contributed by atoms with E-state index in [2.05, 4.69) is 95.5 Å². The van der Waals surface area contributed by atoms with E-state index in [-0.39, 0.29) is 24.2 Å². The lowest BCUT2D eigenvalue weighted by molar-refractivity contribution is -0.0654. The summed E-state index contributed by atoms with van der Waals surface area (Å²) in [6.07, 6.45) is 1.47. The van der Waals surface area contributed by atoms with Gasteiger partial charge in [0.15, 0.2) is 0 Å². The zero-order valence-corrected chi connectivity index (χ0v) is 17.2. The number of ether oxygens (including phenoxy) is 1. The molecule has 156 valence electrons. The predicted octanol–water partition coefficient (Wildman–Crippen LogP) is 4.73. The maximum absolute atomic E-state index is 6.64. The molecule has 5 heteroatoms. The van der Waals surface area contributed by atoms with Crippen LogP contribution in [0.3, 0.4) is 0 Å². The van der Waals surface area contributed by atoms with Gasteiger partial charge >= 0.3 is 0 Å². The van der Waals surface area contributed by atoms with Crippen LogP contribution in [0.5, 0.6) is 0 Å². The van der Waals surface area contributed by atoms with E-state index in [0.717, 1.165) is 12.8 Å². The van der Waals surface area contributed by atoms with Gasteiger partial charge < -0.3 is 21.6 Å². The Kier molecular flexibility index (Phi) is 5.18. The average Bonchev–Trinajstić information content (AvgIpc) is 2.82. The Morgan fingerprint density at radius 1 is 0.710 bits per heavy atom. The molecule has 4 aromatic carbocycles. The van der Waals surface area contributed by atoms with E-state index in [9.17, 15) is 0 Å². The Morgan fingerprint density at radius 2 is 1.19 bits per heavy atom. The van der Waals surface area contributed by atoms with Crippen molar-refractivity contribution >= 4 is 27.5 Å². The number of hydrogen-bond acceptors (Lipinski definition) is 3. The lowest BCUT2D eigenvalue weighted by Gasteiger charge is -2.36. The van der Waals surface area contributed by atoms with Gasteiger partial charge in [-0.2, -0.15) is 0 Å². The van der Waals surface area contributed by atoms with Gasteiger partial charge in [0.2, 0.25) is 5.96 Å². The summed E-state index contributed by atoms with van der Waals surface area (Å²) in [5.41, 5.74) is 16.6. The Morgan fingerprint density at radius 3 is 1.68 bits per heavy atom. The van der Waals surface area contributed by atoms with Gasteiger partial charge in [0.1, 0.15) is 0 Å². The number of benzene rings is 4. The normalized spacial score (nSPS) is 21.1. The number of rotatable bonds is 4. The van der Waals surface area contributed by atoms with Gasteiger partial charge in [-0.1, -0.05) is 72.8 Å². The van der Waals surface area contributed by atoms with Gasteiger partial charge in [0.05, 0.1) is 12.2 Å². The molecule has 5 nitrogen and oxygen atoms in total. The maximum Gasteiger partial charge on any atom is 0.208 e. The highest BCUT2D eigenvalue weighted by Crippen LogP contribution is 2.40. The topological polar surface area (TPSA) is 85.7 Å². The molecule has 0 amide bonds. The first-order chi connectivity index (χ1) is 15.2. The van der Waals surface area contributed by atoms with E-state index >= 15 is 0 Å². The molecule has 5 N–H and O–H groups in total. The van der Waals surface area contributed by atoms with Crippen molar-refractivity contribution in [1.29, 1.82) is 0 Å². The predicted molar refractivity (Wildman–Crippen MR) is 126 cm³/mol. The standard InChI is InChI=1S/C26H26N4O/c27-26(28)30-29-23-15-24(21-11-9-17-5-1-3-7-19(17)13-21)31-25(16-23)22-12-10-18-6-2-4-8-20(18)14-22/h1-14,23-25,29H,15-16H2,(H4,27,28,30)/t23?,24-,25+. The molecule has 0 aromatic heterocycles. The molecule has 0 bridgehead atoms. The summed E-state index contributed by atoms with van der Waals surface area (Å²) in [6, 6.07) is 30.0. The summed E-state index contributed by atoms with van der Waals surface area (Å²) < 4.78 is 6.64. The van der Waals surface area contributed by atoms with E-state index in [1.54, 1.807) is 0 Å². The summed E-state index contributed by atoms with van der Waals surface area (Å²) >= 11 is 0. The largest absolute Gasteiger partial charge is 0.369 e. The van der Waals surface area contributed by atoms with Gasteiger partial charge in [0, 0.05) is 6.04 Å². The number of hydrogen-bond donors (Lipinski definition) is 3. The monoisotopic (exact) mass is 410 g/mol. The number of nitrogens with zero attached hydrogens (tertiary/aromatic N) is 1. The molecule has 4 aromatic rings. The third-order valence-electron chi connectivity index (χ3n) is 5.99. The molecule has 0 saturated carbocycles. The number of nitrogens with one attached hydrogen (secondary N) is 1. The minimum Gasteiger partial charge on any atom is -0.369 e. The Labute approximate surface area is 181 Å². The van der Waals surface area contributed by atoms with Crippen LogP contribution in [-0.2, 0) is 4.74 Å². The van der Waals surface area contributed by atoms with Crippen molar-refractivity contribution in [2.24, 2.45) is 16.6 Å². The highest BCUT2D eigenvalue weighted by Gasteiger charge is 2.31. The van der Waals surface area contributed by atoms with Gasteiger partial charge in [-0.05, 0) is 57.6 Å². The van der Waals surface area contributed by atoms with Crippen molar-refractivity contribution in [2.75, 3.05) is 0 Å². The third kappa shape index (κ3) is 4.18. The summed E-state index contributed by atoms with van der Waals surface area (Å²) in [7, 11) is 0. The number of fused-ring (bicyclic) bond motifs is 2. The Bertz CT molecular complexity index is 1160. The van der Waals surface area contributed by atoms with E-state index in [1.165, 1.54) is 32.7 Å². The lowest BCUT2D eigenvalue weighted by Crippen LogP contribution is -2.37. The van der Waals surface area contributed by atoms with Crippen molar-refractivity contribution in [2.45, 2.75) is 31.1 Å². The first-order valence-corrected chi connectivity index (χ1v) is 10.6. The molecule has 3 atom stereocenters. The van der Waals surface area contributed by atoms with Crippen LogP contribution in [0.1, 0.15) is 36.2 Å². The van der Waals surface area contributed by atoms with Gasteiger partial charge in [-0.3, -0.25) is 0 Å². The fraction of sp³-hybridized carbons (Fsp3) is 0.192. The molecule has 0 spiro atoms. The second-order valence-electron chi connectivity index (χ2n) is 8.16. The van der Waals surface area contributed by atoms with Crippen molar-refractivity contribution in [3.8, 4) is 0 Å². The molecule has 31 heavy (non-hydrogen) atoms. The van der Waals surface area contributed by atoms with Crippen LogP contribution in [-0.4, -0.2) is 12.0 Å². The zero-order valence-electron chi connectivity index (χ0n) is 17.2. The van der Waals surface area contributed by atoms with Crippen molar-refractivity contribution in [1.82, 2.24) is 5.43 Å². The van der Waals surface area contributed by atoms with Crippen LogP contribution in [0.4, 0.5) is 0 Å². The van der Waals surface area contributed by atoms with E-state index in [0.29, 0.717) is 0 Å². The maximum atomic E-state index is 6.64. The van der Waals surface area contributed by atoms with E-state index < -0.39 is 0 Å². The quantitative estimate of drug-likeness (QED) is 0.258. The van der Waals surface area contributed by atoms with Gasteiger partial charge in [-0.15, -0.1) is 5.10 Å². The van der Waals surface area contributed by atoms with Crippen molar-refractivity contribution in [3.05, 3.63) is 96.1 Å². The highest BCUT2D eigenvalue weighted by atomic mass is 16.5. The Hall–Kier alpha value is -3.57. The molecule has 1 aliphatic heterocycles. The molecular formula is C26H26N4O. The fourth-order valence-corrected chi connectivity index (χ4v) is 4.44. The number of hydrazone groups is 1. The molecule has 0 radical (unpaired) electrons. The van der Waals surface area contributed by atoms with Crippen LogP contribution in [0, 0.1) is 0 Å². The average molecular weight is 411 g/mol. The Balaban J connectivity index is 1.48. The first kappa shape index (κ1) is 19.4. The van der Waals surface area contributed by atoms with Crippen LogP contribution < -0.4 is 16.9 Å². The van der Waals surface area contributed by atoms with Crippen molar-refractivity contribution in [3.63, 3.8) is 0 Å². The molecule has 1 fully saturated rings. The minimum atomic E-state index is -0.0541. The molecule has 0 aliphatic carbocycles. The third-order valence-corrected chi connectivity index (χ3v) is 5.99. The number of guanidine groups is 1. The van der Waals surface area contributed by atoms with Crippen LogP contribution >= 0.6 is 0 Å². The van der Waals surface area contributed by atoms with E-state index in [4.69, 9.17) is 16.2 Å². The highest BCUT2D eigenvalue weighted by molar-refractivity contribution is 5.84.